The average Bonchev–Trinajstić information content (AvgIpc) is 3.09. The standard InChI is InChI=1S/C22H19N3O5S2/c1-2-30-20(26)13-25-18-11-10-15(32(23,28)29)12-19(18)31-22(25)24-21(27)17-9-5-7-14-6-3-4-8-16(14)17/h3-12H,2,13H2,1H3,(H2,23,28,29). The van der Waals surface area contributed by atoms with Gasteiger partial charge in [-0.1, -0.05) is 47.7 Å². The highest BCUT2D eigenvalue weighted by Crippen LogP contribution is 2.23. The number of primary sulfonamides is 1. The van der Waals surface area contributed by atoms with Gasteiger partial charge in [-0.05, 0) is 42.0 Å². The second-order valence-electron chi connectivity index (χ2n) is 6.89. The number of benzene rings is 3. The van der Waals surface area contributed by atoms with Crippen molar-refractivity contribution in [1.29, 1.82) is 0 Å². The highest BCUT2D eigenvalue weighted by atomic mass is 32.2. The molecule has 0 bridgehead atoms. The molecule has 32 heavy (non-hydrogen) atoms. The Labute approximate surface area is 187 Å². The van der Waals surface area contributed by atoms with Gasteiger partial charge in [-0.15, -0.1) is 0 Å². The lowest BCUT2D eigenvalue weighted by Gasteiger charge is -2.06. The van der Waals surface area contributed by atoms with Crippen LogP contribution in [-0.2, 0) is 26.1 Å². The molecular formula is C22H19N3O5S2. The molecule has 0 saturated heterocycles. The Kier molecular flexibility index (Phi) is 5.92. The number of thiazole rings is 1. The van der Waals surface area contributed by atoms with Crippen LogP contribution in [-0.4, -0.2) is 31.5 Å². The van der Waals surface area contributed by atoms with E-state index in [2.05, 4.69) is 4.99 Å². The molecule has 2 N–H and O–H groups in total. The molecular weight excluding hydrogens is 450 g/mol. The fourth-order valence-corrected chi connectivity index (χ4v) is 5.04. The molecule has 0 aliphatic heterocycles. The Morgan fingerprint density at radius 3 is 2.59 bits per heavy atom. The number of rotatable bonds is 5. The van der Waals surface area contributed by atoms with E-state index in [-0.39, 0.29) is 22.8 Å². The fourth-order valence-electron chi connectivity index (χ4n) is 3.36. The van der Waals surface area contributed by atoms with Crippen molar-refractivity contribution in [2.45, 2.75) is 18.4 Å². The maximum Gasteiger partial charge on any atom is 0.326 e. The van der Waals surface area contributed by atoms with Crippen LogP contribution >= 0.6 is 11.3 Å². The van der Waals surface area contributed by atoms with Crippen LogP contribution in [0.3, 0.4) is 0 Å². The second-order valence-corrected chi connectivity index (χ2v) is 9.46. The summed E-state index contributed by atoms with van der Waals surface area (Å²) in [5.74, 6) is -0.973. The lowest BCUT2D eigenvalue weighted by atomic mass is 10.0. The summed E-state index contributed by atoms with van der Waals surface area (Å²) in [7, 11) is -3.91. The monoisotopic (exact) mass is 469 g/mol. The van der Waals surface area contributed by atoms with Crippen molar-refractivity contribution in [1.82, 2.24) is 4.57 Å². The molecule has 4 rings (SSSR count). The Hall–Kier alpha value is -3.34. The molecule has 1 heterocycles. The first-order chi connectivity index (χ1) is 15.3. The number of sulfonamides is 1. The molecule has 8 nitrogen and oxygen atoms in total. The predicted octanol–water partition coefficient (Wildman–Crippen LogP) is 2.81. The third-order valence-electron chi connectivity index (χ3n) is 4.79. The lowest BCUT2D eigenvalue weighted by molar-refractivity contribution is -0.143. The van der Waals surface area contributed by atoms with Crippen LogP contribution in [0.2, 0.25) is 0 Å². The number of fused-ring (bicyclic) bond motifs is 2. The van der Waals surface area contributed by atoms with Crippen molar-refractivity contribution in [2.24, 2.45) is 10.1 Å². The smallest absolute Gasteiger partial charge is 0.326 e. The summed E-state index contributed by atoms with van der Waals surface area (Å²) in [6.07, 6.45) is 0. The molecule has 0 aliphatic carbocycles. The summed E-state index contributed by atoms with van der Waals surface area (Å²) in [4.78, 5) is 29.7. The third kappa shape index (κ3) is 4.33. The van der Waals surface area contributed by atoms with Crippen molar-refractivity contribution in [3.8, 4) is 0 Å². The van der Waals surface area contributed by atoms with Gasteiger partial charge in [0.2, 0.25) is 10.0 Å². The number of amides is 1. The number of nitrogens with two attached hydrogens (primary N) is 1. The molecule has 1 amide bonds. The number of carbonyl (C=O) groups is 2. The Morgan fingerprint density at radius 2 is 1.84 bits per heavy atom. The highest BCUT2D eigenvalue weighted by Gasteiger charge is 2.16. The maximum atomic E-state index is 13.1. The third-order valence-corrected chi connectivity index (χ3v) is 6.74. The van der Waals surface area contributed by atoms with E-state index in [1.54, 1.807) is 19.1 Å². The average molecular weight is 470 g/mol. The quantitative estimate of drug-likeness (QED) is 0.451. The van der Waals surface area contributed by atoms with Gasteiger partial charge in [0, 0.05) is 5.56 Å². The SMILES string of the molecule is CCOC(=O)Cn1c(=NC(=O)c2cccc3ccccc23)sc2cc(S(N)(=O)=O)ccc21. The predicted molar refractivity (Wildman–Crippen MR) is 122 cm³/mol. The van der Waals surface area contributed by atoms with Gasteiger partial charge in [-0.25, -0.2) is 13.6 Å². The van der Waals surface area contributed by atoms with Crippen LogP contribution in [0.15, 0.2) is 70.6 Å². The zero-order valence-electron chi connectivity index (χ0n) is 17.0. The van der Waals surface area contributed by atoms with E-state index in [1.165, 1.54) is 22.8 Å². The van der Waals surface area contributed by atoms with E-state index >= 15 is 0 Å². The van der Waals surface area contributed by atoms with E-state index in [9.17, 15) is 18.0 Å². The zero-order valence-corrected chi connectivity index (χ0v) is 18.7. The molecule has 0 spiro atoms. The molecule has 3 aromatic carbocycles. The summed E-state index contributed by atoms with van der Waals surface area (Å²) in [5.41, 5.74) is 0.966. The minimum atomic E-state index is -3.91. The van der Waals surface area contributed by atoms with E-state index in [1.807, 2.05) is 30.3 Å². The van der Waals surface area contributed by atoms with Gasteiger partial charge in [0.1, 0.15) is 6.54 Å². The fraction of sp³-hybridized carbons (Fsp3) is 0.136. The van der Waals surface area contributed by atoms with Crippen molar-refractivity contribution in [2.75, 3.05) is 6.61 Å². The minimum absolute atomic E-state index is 0.0681. The summed E-state index contributed by atoms with van der Waals surface area (Å²) >= 11 is 1.09. The first-order valence-electron chi connectivity index (χ1n) is 9.66. The number of nitrogens with zero attached hydrogens (tertiary/aromatic N) is 2. The molecule has 0 saturated carbocycles. The Bertz CT molecular complexity index is 1530. The molecule has 10 heteroatoms. The maximum absolute atomic E-state index is 13.1. The summed E-state index contributed by atoms with van der Waals surface area (Å²) in [6.45, 7) is 1.73. The Morgan fingerprint density at radius 1 is 1.09 bits per heavy atom. The van der Waals surface area contributed by atoms with Crippen LogP contribution in [0.5, 0.6) is 0 Å². The molecule has 0 aliphatic rings. The molecule has 164 valence electrons. The van der Waals surface area contributed by atoms with Crippen molar-refractivity contribution in [3.63, 3.8) is 0 Å². The lowest BCUT2D eigenvalue weighted by Crippen LogP contribution is -2.23. The molecule has 4 aromatic rings. The molecule has 0 atom stereocenters. The second kappa shape index (κ2) is 8.65. The van der Waals surface area contributed by atoms with Crippen LogP contribution < -0.4 is 9.94 Å². The topological polar surface area (TPSA) is 121 Å². The number of ether oxygens (including phenoxy) is 1. The normalized spacial score (nSPS) is 12.4. The zero-order chi connectivity index (χ0) is 22.9. The summed E-state index contributed by atoms with van der Waals surface area (Å²) in [5, 5.41) is 6.91. The molecule has 0 fully saturated rings. The van der Waals surface area contributed by atoms with E-state index in [0.717, 1.165) is 22.1 Å². The number of hydrogen-bond acceptors (Lipinski definition) is 6. The van der Waals surface area contributed by atoms with Crippen LogP contribution in [0, 0.1) is 0 Å². The van der Waals surface area contributed by atoms with Crippen molar-refractivity contribution >= 4 is 54.2 Å². The van der Waals surface area contributed by atoms with Gasteiger partial charge in [0.15, 0.2) is 4.80 Å². The minimum Gasteiger partial charge on any atom is -0.465 e. The largest absolute Gasteiger partial charge is 0.465 e. The van der Waals surface area contributed by atoms with E-state index in [0.29, 0.717) is 15.8 Å². The molecule has 1 aromatic heterocycles. The van der Waals surface area contributed by atoms with Crippen LogP contribution in [0.4, 0.5) is 0 Å². The highest BCUT2D eigenvalue weighted by molar-refractivity contribution is 7.89. The number of carbonyl (C=O) groups excluding carboxylic acids is 2. The van der Waals surface area contributed by atoms with Crippen LogP contribution in [0.25, 0.3) is 21.0 Å². The van der Waals surface area contributed by atoms with E-state index < -0.39 is 21.9 Å². The van der Waals surface area contributed by atoms with Gasteiger partial charge in [0.25, 0.3) is 5.91 Å². The van der Waals surface area contributed by atoms with Crippen molar-refractivity contribution < 1.29 is 22.7 Å². The first kappa shape index (κ1) is 21.9. The van der Waals surface area contributed by atoms with Gasteiger partial charge in [-0.2, -0.15) is 4.99 Å². The first-order valence-corrected chi connectivity index (χ1v) is 12.0. The van der Waals surface area contributed by atoms with Gasteiger partial charge >= 0.3 is 5.97 Å². The van der Waals surface area contributed by atoms with Gasteiger partial charge in [-0.3, -0.25) is 9.59 Å². The number of esters is 1. The summed E-state index contributed by atoms with van der Waals surface area (Å²) < 4.78 is 30.6. The molecule has 0 radical (unpaired) electrons. The van der Waals surface area contributed by atoms with Crippen molar-refractivity contribution in [3.05, 3.63) is 71.0 Å². The molecule has 0 unspecified atom stereocenters. The number of aromatic nitrogens is 1. The summed E-state index contributed by atoms with van der Waals surface area (Å²) in [6, 6.07) is 17.1. The Balaban J connectivity index is 1.90. The van der Waals surface area contributed by atoms with Crippen LogP contribution in [0.1, 0.15) is 17.3 Å². The van der Waals surface area contributed by atoms with E-state index in [4.69, 9.17) is 9.88 Å². The van der Waals surface area contributed by atoms with Gasteiger partial charge in [0.05, 0.1) is 21.7 Å². The number of hydrogen-bond donors (Lipinski definition) is 1. The van der Waals surface area contributed by atoms with Gasteiger partial charge < -0.3 is 9.30 Å².